The van der Waals surface area contributed by atoms with Gasteiger partial charge in [-0.2, -0.15) is 0 Å². The van der Waals surface area contributed by atoms with E-state index in [1.165, 1.54) is 0 Å². The zero-order valence-corrected chi connectivity index (χ0v) is 8.96. The average molecular weight is 187 g/mol. The summed E-state index contributed by atoms with van der Waals surface area (Å²) in [4.78, 5) is 0. The minimum absolute atomic E-state index is 0.0626. The second-order valence-corrected chi connectivity index (χ2v) is 4.51. The lowest BCUT2D eigenvalue weighted by Crippen LogP contribution is -2.40. The van der Waals surface area contributed by atoms with Gasteiger partial charge in [0, 0.05) is 0 Å². The number of hydrogen-bond acceptors (Lipinski definition) is 3. The third-order valence-corrected chi connectivity index (χ3v) is 1.88. The lowest BCUT2D eigenvalue weighted by atomic mass is 9.92. The van der Waals surface area contributed by atoms with Gasteiger partial charge >= 0.3 is 0 Å². The Morgan fingerprint density at radius 3 is 2.46 bits per heavy atom. The number of nitrogens with two attached hydrogens (primary N) is 1. The van der Waals surface area contributed by atoms with Gasteiger partial charge in [-0.05, 0) is 25.3 Å². The molecule has 0 aliphatic heterocycles. The largest absolute Gasteiger partial charge is 0.409 e. The van der Waals surface area contributed by atoms with Crippen molar-refractivity contribution in [1.29, 1.82) is 0 Å². The highest BCUT2D eigenvalue weighted by Gasteiger charge is 2.11. The van der Waals surface area contributed by atoms with Crippen molar-refractivity contribution in [2.75, 3.05) is 6.54 Å². The van der Waals surface area contributed by atoms with Gasteiger partial charge in [0.05, 0.1) is 6.04 Å². The van der Waals surface area contributed by atoms with Crippen LogP contribution in [0.3, 0.4) is 0 Å². The first-order chi connectivity index (χ1) is 5.87. The second kappa shape index (κ2) is 5.07. The highest BCUT2D eigenvalue weighted by atomic mass is 16.4. The van der Waals surface area contributed by atoms with E-state index in [1.807, 2.05) is 6.92 Å². The van der Waals surface area contributed by atoms with Crippen LogP contribution in [-0.4, -0.2) is 23.6 Å². The molecule has 0 aromatic rings. The van der Waals surface area contributed by atoms with Crippen molar-refractivity contribution in [3.63, 3.8) is 0 Å². The molecule has 0 aromatic heterocycles. The number of hydrogen-bond donors (Lipinski definition) is 3. The van der Waals surface area contributed by atoms with Gasteiger partial charge in [0.2, 0.25) is 0 Å². The maximum atomic E-state index is 8.39. The number of nitrogens with one attached hydrogen (secondary N) is 1. The molecule has 4 nitrogen and oxygen atoms in total. The number of rotatable bonds is 4. The number of nitrogens with zero attached hydrogens (tertiary/aromatic N) is 1. The minimum Gasteiger partial charge on any atom is -0.409 e. The van der Waals surface area contributed by atoms with E-state index in [-0.39, 0.29) is 11.9 Å². The lowest BCUT2D eigenvalue weighted by Gasteiger charge is -2.20. The van der Waals surface area contributed by atoms with Crippen LogP contribution in [0, 0.1) is 5.41 Å². The fraction of sp³-hybridized carbons (Fsp3) is 0.889. The highest BCUT2D eigenvalue weighted by Crippen LogP contribution is 2.16. The molecule has 4 N–H and O–H groups in total. The van der Waals surface area contributed by atoms with E-state index in [1.54, 1.807) is 0 Å². The summed E-state index contributed by atoms with van der Waals surface area (Å²) in [5.74, 6) is 0.230. The van der Waals surface area contributed by atoms with Crippen LogP contribution < -0.4 is 11.1 Å². The monoisotopic (exact) mass is 187 g/mol. The van der Waals surface area contributed by atoms with E-state index < -0.39 is 0 Å². The summed E-state index contributed by atoms with van der Waals surface area (Å²) in [5.41, 5.74) is 5.72. The molecule has 1 atom stereocenters. The Labute approximate surface area is 80.2 Å². The predicted octanol–water partition coefficient (Wildman–Crippen LogP) is 1.15. The van der Waals surface area contributed by atoms with Gasteiger partial charge in [-0.1, -0.05) is 25.9 Å². The Morgan fingerprint density at radius 2 is 2.08 bits per heavy atom. The third-order valence-electron chi connectivity index (χ3n) is 1.88. The van der Waals surface area contributed by atoms with Crippen LogP contribution in [0.1, 0.15) is 34.1 Å². The van der Waals surface area contributed by atoms with Crippen LogP contribution in [0.5, 0.6) is 0 Å². The summed E-state index contributed by atoms with van der Waals surface area (Å²) < 4.78 is 0. The second-order valence-electron chi connectivity index (χ2n) is 4.51. The van der Waals surface area contributed by atoms with Crippen LogP contribution in [0.15, 0.2) is 5.16 Å². The van der Waals surface area contributed by atoms with Gasteiger partial charge in [-0.3, -0.25) is 0 Å². The Bertz CT molecular complexity index is 172. The first-order valence-electron chi connectivity index (χ1n) is 4.57. The van der Waals surface area contributed by atoms with Crippen LogP contribution in [0.25, 0.3) is 0 Å². The van der Waals surface area contributed by atoms with Gasteiger partial charge in [0.25, 0.3) is 0 Å². The Kier molecular flexibility index (Phi) is 4.77. The fourth-order valence-corrected chi connectivity index (χ4v) is 0.855. The molecule has 78 valence electrons. The summed E-state index contributed by atoms with van der Waals surface area (Å²) in [6.45, 7) is 9.30. The van der Waals surface area contributed by atoms with Gasteiger partial charge in [0.1, 0.15) is 0 Å². The molecule has 0 aliphatic carbocycles. The van der Waals surface area contributed by atoms with Crippen molar-refractivity contribution in [3.05, 3.63) is 0 Å². The first kappa shape index (κ1) is 12.2. The lowest BCUT2D eigenvalue weighted by molar-refractivity contribution is 0.314. The molecule has 1 unspecified atom stereocenters. The molecular formula is C9H21N3O. The van der Waals surface area contributed by atoms with Crippen molar-refractivity contribution in [3.8, 4) is 0 Å². The van der Waals surface area contributed by atoms with Crippen molar-refractivity contribution in [2.45, 2.75) is 40.2 Å². The highest BCUT2D eigenvalue weighted by molar-refractivity contribution is 5.84. The maximum absolute atomic E-state index is 8.39. The molecule has 0 aliphatic rings. The molecule has 0 saturated carbocycles. The molecule has 4 heteroatoms. The molecule has 0 amide bonds. The molecule has 0 radical (unpaired) electrons. The van der Waals surface area contributed by atoms with Crippen LogP contribution in [0.4, 0.5) is 0 Å². The van der Waals surface area contributed by atoms with E-state index >= 15 is 0 Å². The average Bonchev–Trinajstić information content (AvgIpc) is 2.00. The minimum atomic E-state index is -0.0626. The van der Waals surface area contributed by atoms with E-state index in [4.69, 9.17) is 10.9 Å². The molecule has 13 heavy (non-hydrogen) atoms. The van der Waals surface area contributed by atoms with Crippen molar-refractivity contribution in [1.82, 2.24) is 5.32 Å². The van der Waals surface area contributed by atoms with E-state index in [0.717, 1.165) is 13.0 Å². The van der Waals surface area contributed by atoms with Crippen molar-refractivity contribution >= 4 is 5.84 Å². The molecule has 0 aromatic carbocycles. The third kappa shape index (κ3) is 6.40. The Balaban J connectivity index is 3.66. The Hall–Kier alpha value is -0.770. The standard InChI is InChI=1S/C9H21N3O/c1-7(8(10)12-13)11-6-5-9(2,3)4/h7,11,13H,5-6H2,1-4H3,(H2,10,12). The van der Waals surface area contributed by atoms with Crippen LogP contribution in [0.2, 0.25) is 0 Å². The summed E-state index contributed by atoms with van der Waals surface area (Å²) in [6, 6.07) is -0.0626. The van der Waals surface area contributed by atoms with Crippen molar-refractivity contribution in [2.24, 2.45) is 16.3 Å². The zero-order chi connectivity index (χ0) is 10.5. The quantitative estimate of drug-likeness (QED) is 0.267. The summed E-state index contributed by atoms with van der Waals surface area (Å²) in [6.07, 6.45) is 1.07. The van der Waals surface area contributed by atoms with Gasteiger partial charge in [0.15, 0.2) is 5.84 Å². The predicted molar refractivity (Wildman–Crippen MR) is 54.9 cm³/mol. The van der Waals surface area contributed by atoms with E-state index in [0.29, 0.717) is 5.41 Å². The molecule has 0 bridgehead atoms. The number of amidine groups is 1. The van der Waals surface area contributed by atoms with Crippen molar-refractivity contribution < 1.29 is 5.21 Å². The molecule has 0 spiro atoms. The van der Waals surface area contributed by atoms with Gasteiger partial charge in [-0.15, -0.1) is 0 Å². The molecule has 0 saturated heterocycles. The van der Waals surface area contributed by atoms with Crippen LogP contribution >= 0.6 is 0 Å². The van der Waals surface area contributed by atoms with E-state index in [9.17, 15) is 0 Å². The SMILES string of the molecule is CC(NCCC(C)(C)C)C(N)=NO. The summed E-state index contributed by atoms with van der Waals surface area (Å²) >= 11 is 0. The van der Waals surface area contributed by atoms with Gasteiger partial charge in [-0.25, -0.2) is 0 Å². The number of oxime groups is 1. The smallest absolute Gasteiger partial charge is 0.156 e. The normalized spacial score (nSPS) is 15.8. The Morgan fingerprint density at radius 1 is 1.54 bits per heavy atom. The molecular weight excluding hydrogens is 166 g/mol. The first-order valence-corrected chi connectivity index (χ1v) is 4.57. The molecule has 0 heterocycles. The topological polar surface area (TPSA) is 70.6 Å². The summed E-state index contributed by atoms with van der Waals surface area (Å²) in [5, 5.41) is 14.5. The molecule has 0 fully saturated rings. The zero-order valence-electron chi connectivity index (χ0n) is 8.96. The maximum Gasteiger partial charge on any atom is 0.156 e. The van der Waals surface area contributed by atoms with Gasteiger partial charge < -0.3 is 16.3 Å². The molecule has 0 rings (SSSR count). The fourth-order valence-electron chi connectivity index (χ4n) is 0.855. The van der Waals surface area contributed by atoms with E-state index in [2.05, 4.69) is 31.2 Å². The summed E-state index contributed by atoms with van der Waals surface area (Å²) in [7, 11) is 0. The van der Waals surface area contributed by atoms with Crippen LogP contribution in [-0.2, 0) is 0 Å².